The van der Waals surface area contributed by atoms with Gasteiger partial charge in [-0.2, -0.15) is 0 Å². The Labute approximate surface area is 142 Å². The van der Waals surface area contributed by atoms with Gasteiger partial charge in [0.25, 0.3) is 0 Å². The lowest BCUT2D eigenvalue weighted by Gasteiger charge is -2.07. The van der Waals surface area contributed by atoms with E-state index >= 15 is 0 Å². The molecule has 1 aliphatic rings. The van der Waals surface area contributed by atoms with Crippen molar-refractivity contribution >= 4 is 28.8 Å². The molecule has 0 saturated carbocycles. The van der Waals surface area contributed by atoms with Crippen LogP contribution in [0, 0.1) is 0 Å². The first-order valence-electron chi connectivity index (χ1n) is 7.80. The monoisotopic (exact) mass is 336 g/mol. The predicted molar refractivity (Wildman–Crippen MR) is 95.4 cm³/mol. The smallest absolute Gasteiger partial charge is 0.328 e. The van der Waals surface area contributed by atoms with Crippen LogP contribution in [0.15, 0.2) is 40.1 Å². The van der Waals surface area contributed by atoms with Crippen molar-refractivity contribution in [2.45, 2.75) is 13.2 Å². The molecular weight excluding hydrogens is 320 g/mol. The molecule has 0 unspecified atom stereocenters. The maximum Gasteiger partial charge on any atom is 0.328 e. The SMILES string of the molecule is Nc1nc(C2=CC=NC2)nc2c1[nH]c(=O)n2Cc1cccc(CO)c1. The van der Waals surface area contributed by atoms with Crippen LogP contribution < -0.4 is 11.4 Å². The highest BCUT2D eigenvalue weighted by Crippen LogP contribution is 2.20. The zero-order chi connectivity index (χ0) is 17.4. The number of aliphatic imine (C=N–C) groups is 1. The average molecular weight is 336 g/mol. The lowest BCUT2D eigenvalue weighted by atomic mass is 10.1. The number of H-pyrrole nitrogens is 1. The summed E-state index contributed by atoms with van der Waals surface area (Å²) in [5, 5.41) is 9.28. The number of imidazole rings is 1. The standard InChI is InChI=1S/C17H16N6O2/c18-14-13-16(22-15(21-14)12-4-5-19-7-12)23(17(25)20-13)8-10-2-1-3-11(6-10)9-24/h1-6,24H,7-9H2,(H,20,25)(H2,18,21,22). The summed E-state index contributed by atoms with van der Waals surface area (Å²) in [6.07, 6.45) is 3.53. The summed E-state index contributed by atoms with van der Waals surface area (Å²) in [5.41, 5.74) is 9.11. The van der Waals surface area contributed by atoms with Crippen molar-refractivity contribution in [3.8, 4) is 0 Å². The number of nitrogens with zero attached hydrogens (tertiary/aromatic N) is 4. The molecule has 3 aromatic rings. The van der Waals surface area contributed by atoms with Crippen LogP contribution in [0.4, 0.5) is 5.82 Å². The predicted octanol–water partition coefficient (Wildman–Crippen LogP) is 0.710. The van der Waals surface area contributed by atoms with Crippen molar-refractivity contribution < 1.29 is 5.11 Å². The Morgan fingerprint density at radius 1 is 1.28 bits per heavy atom. The van der Waals surface area contributed by atoms with E-state index in [2.05, 4.69) is 19.9 Å². The van der Waals surface area contributed by atoms with Gasteiger partial charge in [0.15, 0.2) is 17.3 Å². The highest BCUT2D eigenvalue weighted by Gasteiger charge is 2.16. The molecule has 0 saturated heterocycles. The Balaban J connectivity index is 1.82. The van der Waals surface area contributed by atoms with Gasteiger partial charge in [-0.1, -0.05) is 24.3 Å². The van der Waals surface area contributed by atoms with Gasteiger partial charge in [0, 0.05) is 11.8 Å². The summed E-state index contributed by atoms with van der Waals surface area (Å²) in [5.74, 6) is 0.701. The lowest BCUT2D eigenvalue weighted by Crippen LogP contribution is -2.18. The first kappa shape index (κ1) is 15.3. The summed E-state index contributed by atoms with van der Waals surface area (Å²) in [6, 6.07) is 7.41. The molecule has 2 aromatic heterocycles. The number of aromatic nitrogens is 4. The summed E-state index contributed by atoms with van der Waals surface area (Å²) in [7, 11) is 0. The number of aliphatic hydroxyl groups excluding tert-OH is 1. The van der Waals surface area contributed by atoms with E-state index in [4.69, 9.17) is 5.73 Å². The second kappa shape index (κ2) is 5.99. The average Bonchev–Trinajstić information content (AvgIpc) is 3.25. The molecule has 8 heteroatoms. The van der Waals surface area contributed by atoms with Crippen LogP contribution in [0.5, 0.6) is 0 Å². The van der Waals surface area contributed by atoms with Crippen LogP contribution in [0.3, 0.4) is 0 Å². The number of nitrogens with two attached hydrogens (primary N) is 1. The largest absolute Gasteiger partial charge is 0.392 e. The molecule has 0 amide bonds. The zero-order valence-electron chi connectivity index (χ0n) is 13.3. The number of allylic oxidation sites excluding steroid dienone is 1. The zero-order valence-corrected chi connectivity index (χ0v) is 13.3. The summed E-state index contributed by atoms with van der Waals surface area (Å²) < 4.78 is 1.52. The normalized spacial score (nSPS) is 13.6. The Hall–Kier alpha value is -3.26. The second-order valence-corrected chi connectivity index (χ2v) is 5.81. The maximum atomic E-state index is 12.4. The molecule has 0 spiro atoms. The number of nitrogen functional groups attached to an aromatic ring is 1. The van der Waals surface area contributed by atoms with E-state index in [0.717, 1.165) is 16.7 Å². The van der Waals surface area contributed by atoms with Gasteiger partial charge < -0.3 is 15.8 Å². The highest BCUT2D eigenvalue weighted by molar-refractivity contribution is 5.90. The number of aliphatic hydroxyl groups is 1. The third-order valence-electron chi connectivity index (χ3n) is 4.10. The second-order valence-electron chi connectivity index (χ2n) is 5.81. The fourth-order valence-electron chi connectivity index (χ4n) is 2.84. The summed E-state index contributed by atoms with van der Waals surface area (Å²) in [4.78, 5) is 28.0. The van der Waals surface area contributed by atoms with E-state index in [1.165, 1.54) is 4.57 Å². The van der Waals surface area contributed by atoms with E-state index in [1.807, 2.05) is 30.3 Å². The number of benzene rings is 1. The molecule has 1 aliphatic heterocycles. The number of nitrogens with one attached hydrogen (secondary N) is 1. The Morgan fingerprint density at radius 3 is 2.88 bits per heavy atom. The van der Waals surface area contributed by atoms with Crippen LogP contribution in [0.25, 0.3) is 16.7 Å². The first-order chi connectivity index (χ1) is 12.2. The van der Waals surface area contributed by atoms with Crippen molar-refractivity contribution in [3.63, 3.8) is 0 Å². The van der Waals surface area contributed by atoms with Crippen LogP contribution in [0.1, 0.15) is 17.0 Å². The topological polar surface area (TPSA) is 122 Å². The van der Waals surface area contributed by atoms with E-state index in [-0.39, 0.29) is 18.1 Å². The first-order valence-corrected chi connectivity index (χ1v) is 7.80. The van der Waals surface area contributed by atoms with Gasteiger partial charge in [-0.3, -0.25) is 9.56 Å². The maximum absolute atomic E-state index is 12.4. The molecule has 1 aromatic carbocycles. The molecule has 8 nitrogen and oxygen atoms in total. The van der Waals surface area contributed by atoms with Crippen molar-refractivity contribution in [2.75, 3.05) is 12.3 Å². The van der Waals surface area contributed by atoms with Gasteiger partial charge in [-0.25, -0.2) is 14.8 Å². The molecule has 0 fully saturated rings. The number of anilines is 1. The molecule has 0 atom stereocenters. The fraction of sp³-hybridized carbons (Fsp3) is 0.176. The molecule has 4 N–H and O–H groups in total. The highest BCUT2D eigenvalue weighted by atomic mass is 16.3. The molecule has 0 radical (unpaired) electrons. The molecule has 3 heterocycles. The molecule has 0 bridgehead atoms. The number of hydrogen-bond donors (Lipinski definition) is 3. The van der Waals surface area contributed by atoms with E-state index in [9.17, 15) is 9.90 Å². The minimum Gasteiger partial charge on any atom is -0.392 e. The number of fused-ring (bicyclic) bond motifs is 1. The minimum atomic E-state index is -0.306. The Kier molecular flexibility index (Phi) is 3.66. The Morgan fingerprint density at radius 2 is 2.12 bits per heavy atom. The third-order valence-corrected chi connectivity index (χ3v) is 4.10. The van der Waals surface area contributed by atoms with Crippen LogP contribution >= 0.6 is 0 Å². The van der Waals surface area contributed by atoms with Gasteiger partial charge in [0.05, 0.1) is 19.7 Å². The van der Waals surface area contributed by atoms with E-state index < -0.39 is 0 Å². The number of aromatic amines is 1. The number of rotatable bonds is 4. The quantitative estimate of drug-likeness (QED) is 0.647. The van der Waals surface area contributed by atoms with Gasteiger partial charge in [-0.15, -0.1) is 0 Å². The van der Waals surface area contributed by atoms with Crippen LogP contribution in [0.2, 0.25) is 0 Å². The minimum absolute atomic E-state index is 0.0515. The molecule has 4 rings (SSSR count). The fourth-order valence-corrected chi connectivity index (χ4v) is 2.84. The van der Waals surface area contributed by atoms with Crippen molar-refractivity contribution in [3.05, 3.63) is 57.8 Å². The van der Waals surface area contributed by atoms with Crippen LogP contribution in [-0.4, -0.2) is 37.4 Å². The van der Waals surface area contributed by atoms with Crippen LogP contribution in [-0.2, 0) is 13.2 Å². The van der Waals surface area contributed by atoms with Gasteiger partial charge in [-0.05, 0) is 17.2 Å². The molecule has 25 heavy (non-hydrogen) atoms. The van der Waals surface area contributed by atoms with Crippen molar-refractivity contribution in [1.29, 1.82) is 0 Å². The Bertz CT molecular complexity index is 1080. The van der Waals surface area contributed by atoms with Gasteiger partial charge in [0.2, 0.25) is 0 Å². The van der Waals surface area contributed by atoms with E-state index in [0.29, 0.717) is 30.1 Å². The van der Waals surface area contributed by atoms with Gasteiger partial charge in [0.1, 0.15) is 5.52 Å². The van der Waals surface area contributed by atoms with Gasteiger partial charge >= 0.3 is 5.69 Å². The lowest BCUT2D eigenvalue weighted by molar-refractivity contribution is 0.281. The van der Waals surface area contributed by atoms with Crippen molar-refractivity contribution in [1.82, 2.24) is 19.5 Å². The third kappa shape index (κ3) is 2.72. The molecular formula is C17H16N6O2. The molecule has 126 valence electrons. The van der Waals surface area contributed by atoms with E-state index in [1.54, 1.807) is 6.21 Å². The summed E-state index contributed by atoms with van der Waals surface area (Å²) >= 11 is 0. The molecule has 0 aliphatic carbocycles. The number of hydrogen-bond acceptors (Lipinski definition) is 6. The van der Waals surface area contributed by atoms with Crippen molar-refractivity contribution in [2.24, 2.45) is 4.99 Å². The summed E-state index contributed by atoms with van der Waals surface area (Å²) in [6.45, 7) is 0.764.